The van der Waals surface area contributed by atoms with Crippen LogP contribution in [0.25, 0.3) is 0 Å². The topological polar surface area (TPSA) is 72.2 Å². The Kier molecular flexibility index (Phi) is 4.07. The molecule has 2 rings (SSSR count). The molecule has 3 N–H and O–H groups in total. The zero-order chi connectivity index (χ0) is 15.1. The third-order valence-electron chi connectivity index (χ3n) is 4.38. The molecule has 3 atom stereocenters. The van der Waals surface area contributed by atoms with E-state index in [9.17, 15) is 12.8 Å². The van der Waals surface area contributed by atoms with Crippen LogP contribution in [0.4, 0.5) is 10.1 Å². The normalized spacial score (nSPS) is 26.9. The molecule has 20 heavy (non-hydrogen) atoms. The second kappa shape index (κ2) is 5.33. The van der Waals surface area contributed by atoms with E-state index in [1.165, 1.54) is 6.07 Å². The highest BCUT2D eigenvalue weighted by molar-refractivity contribution is 7.89. The Bertz CT molecular complexity index is 616. The van der Waals surface area contributed by atoms with Gasteiger partial charge < -0.3 is 5.73 Å². The molecule has 0 heterocycles. The van der Waals surface area contributed by atoms with E-state index in [1.807, 2.05) is 6.92 Å². The molecule has 1 fully saturated rings. The number of nitrogen functional groups attached to an aromatic ring is 1. The largest absolute Gasteiger partial charge is 0.398 e. The Morgan fingerprint density at radius 2 is 1.95 bits per heavy atom. The van der Waals surface area contributed by atoms with Gasteiger partial charge in [-0.3, -0.25) is 0 Å². The SMILES string of the molecule is Cc1cc(F)c(S(=O)(=O)NC2CCC(C)C2C)cc1N. The van der Waals surface area contributed by atoms with Crippen molar-refractivity contribution in [3.8, 4) is 0 Å². The molecule has 0 radical (unpaired) electrons. The molecule has 112 valence electrons. The maximum absolute atomic E-state index is 13.9. The monoisotopic (exact) mass is 300 g/mol. The van der Waals surface area contributed by atoms with Crippen molar-refractivity contribution in [3.63, 3.8) is 0 Å². The van der Waals surface area contributed by atoms with Crippen molar-refractivity contribution in [1.82, 2.24) is 4.72 Å². The molecule has 3 unspecified atom stereocenters. The fourth-order valence-corrected chi connectivity index (χ4v) is 4.12. The van der Waals surface area contributed by atoms with E-state index in [-0.39, 0.29) is 22.5 Å². The second-order valence-corrected chi connectivity index (χ2v) is 7.46. The van der Waals surface area contributed by atoms with Gasteiger partial charge in [0.15, 0.2) is 0 Å². The molecule has 0 aliphatic heterocycles. The third kappa shape index (κ3) is 2.81. The average Bonchev–Trinajstić information content (AvgIpc) is 2.65. The van der Waals surface area contributed by atoms with E-state index in [2.05, 4.69) is 11.6 Å². The van der Waals surface area contributed by atoms with Crippen LogP contribution in [0.2, 0.25) is 0 Å². The molecule has 0 aromatic heterocycles. The fourth-order valence-electron chi connectivity index (χ4n) is 2.67. The van der Waals surface area contributed by atoms with Gasteiger partial charge in [0.2, 0.25) is 10.0 Å². The second-order valence-electron chi connectivity index (χ2n) is 5.78. The van der Waals surface area contributed by atoms with E-state index in [0.717, 1.165) is 18.9 Å². The molecule has 0 amide bonds. The van der Waals surface area contributed by atoms with Crippen LogP contribution < -0.4 is 10.5 Å². The van der Waals surface area contributed by atoms with Crippen LogP contribution in [0.15, 0.2) is 17.0 Å². The Labute approximate surface area is 119 Å². The predicted octanol–water partition coefficient (Wildman–Crippen LogP) is 2.43. The van der Waals surface area contributed by atoms with E-state index in [0.29, 0.717) is 11.5 Å². The zero-order valence-corrected chi connectivity index (χ0v) is 12.8. The first-order valence-electron chi connectivity index (χ1n) is 6.80. The number of anilines is 1. The Morgan fingerprint density at radius 1 is 1.30 bits per heavy atom. The van der Waals surface area contributed by atoms with Crippen molar-refractivity contribution >= 4 is 15.7 Å². The lowest BCUT2D eigenvalue weighted by Gasteiger charge is -2.20. The minimum absolute atomic E-state index is 0.142. The van der Waals surface area contributed by atoms with Gasteiger partial charge in [0.1, 0.15) is 10.7 Å². The quantitative estimate of drug-likeness (QED) is 0.842. The predicted molar refractivity (Wildman–Crippen MR) is 77.2 cm³/mol. The summed E-state index contributed by atoms with van der Waals surface area (Å²) in [6, 6.07) is 2.21. The summed E-state index contributed by atoms with van der Waals surface area (Å²) in [7, 11) is -3.87. The van der Waals surface area contributed by atoms with Crippen LogP contribution in [-0.4, -0.2) is 14.5 Å². The molecular formula is C14H21FN2O2S. The standard InChI is InChI=1S/C14H21FN2O2S/c1-8-4-5-13(10(8)3)17-20(18,19)14-7-12(16)9(2)6-11(14)15/h6-8,10,13,17H,4-5,16H2,1-3H3. The van der Waals surface area contributed by atoms with Gasteiger partial charge >= 0.3 is 0 Å². The van der Waals surface area contributed by atoms with E-state index < -0.39 is 15.8 Å². The van der Waals surface area contributed by atoms with Gasteiger partial charge in [0.05, 0.1) is 0 Å². The number of nitrogens with two attached hydrogens (primary N) is 1. The minimum Gasteiger partial charge on any atom is -0.398 e. The summed E-state index contributed by atoms with van der Waals surface area (Å²) in [6.45, 7) is 5.76. The maximum atomic E-state index is 13.9. The van der Waals surface area contributed by atoms with Crippen molar-refractivity contribution in [2.75, 3.05) is 5.73 Å². The van der Waals surface area contributed by atoms with Crippen LogP contribution in [-0.2, 0) is 10.0 Å². The molecule has 1 aromatic rings. The van der Waals surface area contributed by atoms with Crippen LogP contribution in [0.3, 0.4) is 0 Å². The van der Waals surface area contributed by atoms with Crippen LogP contribution in [0.1, 0.15) is 32.3 Å². The van der Waals surface area contributed by atoms with Crippen LogP contribution in [0, 0.1) is 24.6 Å². The fraction of sp³-hybridized carbons (Fsp3) is 0.571. The van der Waals surface area contributed by atoms with Gasteiger partial charge in [-0.15, -0.1) is 0 Å². The summed E-state index contributed by atoms with van der Waals surface area (Å²) in [5.74, 6) is -0.0471. The van der Waals surface area contributed by atoms with Crippen molar-refractivity contribution in [2.24, 2.45) is 11.8 Å². The highest BCUT2D eigenvalue weighted by atomic mass is 32.2. The molecule has 0 saturated heterocycles. The van der Waals surface area contributed by atoms with Gasteiger partial charge in [0, 0.05) is 11.7 Å². The highest BCUT2D eigenvalue weighted by Crippen LogP contribution is 2.32. The molecule has 1 aliphatic rings. The summed E-state index contributed by atoms with van der Waals surface area (Å²) in [5.41, 5.74) is 6.49. The first-order chi connectivity index (χ1) is 9.22. The molecule has 1 aliphatic carbocycles. The smallest absolute Gasteiger partial charge is 0.243 e. The van der Waals surface area contributed by atoms with E-state index in [4.69, 9.17) is 5.73 Å². The van der Waals surface area contributed by atoms with Gasteiger partial charge in [0.25, 0.3) is 0 Å². The molecule has 4 nitrogen and oxygen atoms in total. The summed E-state index contributed by atoms with van der Waals surface area (Å²) < 4.78 is 41.2. The molecule has 6 heteroatoms. The van der Waals surface area contributed by atoms with Crippen molar-refractivity contribution < 1.29 is 12.8 Å². The van der Waals surface area contributed by atoms with Crippen molar-refractivity contribution in [1.29, 1.82) is 0 Å². The summed E-state index contributed by atoms with van der Waals surface area (Å²) in [6.07, 6.45) is 1.76. The highest BCUT2D eigenvalue weighted by Gasteiger charge is 2.34. The molecule has 1 saturated carbocycles. The molecule has 0 spiro atoms. The minimum atomic E-state index is -3.87. The first-order valence-corrected chi connectivity index (χ1v) is 8.28. The maximum Gasteiger partial charge on any atom is 0.243 e. The number of hydrogen-bond donors (Lipinski definition) is 2. The van der Waals surface area contributed by atoms with Crippen LogP contribution in [0.5, 0.6) is 0 Å². The molecule has 1 aromatic carbocycles. The lowest BCUT2D eigenvalue weighted by molar-refractivity contribution is 0.401. The average molecular weight is 300 g/mol. The zero-order valence-electron chi connectivity index (χ0n) is 12.0. The van der Waals surface area contributed by atoms with Crippen molar-refractivity contribution in [2.45, 2.75) is 44.6 Å². The lowest BCUT2D eigenvalue weighted by Crippen LogP contribution is -2.37. The lowest BCUT2D eigenvalue weighted by atomic mass is 9.98. The van der Waals surface area contributed by atoms with Gasteiger partial charge in [-0.1, -0.05) is 13.8 Å². The number of hydrogen-bond acceptors (Lipinski definition) is 3. The van der Waals surface area contributed by atoms with Crippen LogP contribution >= 0.6 is 0 Å². The Hall–Kier alpha value is -1.14. The van der Waals surface area contributed by atoms with Gasteiger partial charge in [-0.25, -0.2) is 17.5 Å². The summed E-state index contributed by atoms with van der Waals surface area (Å²) >= 11 is 0. The van der Waals surface area contributed by atoms with Crippen molar-refractivity contribution in [3.05, 3.63) is 23.5 Å². The number of sulfonamides is 1. The molecule has 0 bridgehead atoms. The Balaban J connectivity index is 2.30. The number of nitrogens with one attached hydrogen (secondary N) is 1. The van der Waals surface area contributed by atoms with E-state index in [1.54, 1.807) is 6.92 Å². The van der Waals surface area contributed by atoms with E-state index >= 15 is 0 Å². The summed E-state index contributed by atoms with van der Waals surface area (Å²) in [4.78, 5) is -0.368. The number of rotatable bonds is 3. The first kappa shape index (κ1) is 15.3. The van der Waals surface area contributed by atoms with Gasteiger partial charge in [-0.05, 0) is 49.3 Å². The summed E-state index contributed by atoms with van der Waals surface area (Å²) in [5, 5.41) is 0. The third-order valence-corrected chi connectivity index (χ3v) is 5.89. The number of benzene rings is 1. The number of halogens is 1. The van der Waals surface area contributed by atoms with Gasteiger partial charge in [-0.2, -0.15) is 0 Å². The number of aryl methyl sites for hydroxylation is 1. The Morgan fingerprint density at radius 3 is 2.50 bits per heavy atom. The molecular weight excluding hydrogens is 279 g/mol.